The smallest absolute Gasteiger partial charge is 0.543 e. The Labute approximate surface area is 174 Å². The number of aliphatic hydroxyl groups is 1. The number of carboxylic acids is 1. The van der Waals surface area contributed by atoms with Crippen LogP contribution in [0.2, 0.25) is 0 Å². The minimum Gasteiger partial charge on any atom is -0.543 e. The summed E-state index contributed by atoms with van der Waals surface area (Å²) in [5, 5.41) is 21.9. The fourth-order valence-electron chi connectivity index (χ4n) is 3.26. The first-order valence-electron chi connectivity index (χ1n) is 8.24. The van der Waals surface area contributed by atoms with Gasteiger partial charge in [-0.2, -0.15) is 0 Å². The Kier molecular flexibility index (Phi) is 6.17. The fraction of sp³-hybridized carbons (Fsp3) is 0.500. The number of hydrogen-bond donors (Lipinski definition) is 1. The molecule has 0 saturated carbocycles. The maximum Gasteiger partial charge on any atom is 1.00 e. The molecule has 0 unspecified atom stereocenters. The minimum atomic E-state index is -1.44. The van der Waals surface area contributed by atoms with Gasteiger partial charge < -0.3 is 19.7 Å². The monoisotopic (exact) mass is 368 g/mol. The molecule has 1 saturated heterocycles. The number of rotatable bonds is 5. The van der Waals surface area contributed by atoms with Gasteiger partial charge >= 0.3 is 29.6 Å². The van der Waals surface area contributed by atoms with Crippen LogP contribution in [0.15, 0.2) is 36.0 Å². The van der Waals surface area contributed by atoms with Gasteiger partial charge in [0.1, 0.15) is 17.4 Å². The summed E-state index contributed by atoms with van der Waals surface area (Å²) in [6.07, 6.45) is 2.62. The third-order valence-corrected chi connectivity index (χ3v) is 4.55. The molecule has 3 heterocycles. The normalized spacial score (nSPS) is 22.9. The van der Waals surface area contributed by atoms with E-state index in [-0.39, 0.29) is 41.0 Å². The molecule has 0 radical (unpaired) electrons. The van der Waals surface area contributed by atoms with Crippen molar-refractivity contribution in [3.63, 3.8) is 0 Å². The van der Waals surface area contributed by atoms with E-state index in [2.05, 4.69) is 4.98 Å². The molecule has 7 nitrogen and oxygen atoms in total. The molecule has 1 fully saturated rings. The second-order valence-corrected chi connectivity index (χ2v) is 7.42. The number of β-lactam (4-membered cyclic amide) rings is 1. The van der Waals surface area contributed by atoms with Crippen LogP contribution in [0.25, 0.3) is 0 Å². The average Bonchev–Trinajstić information content (AvgIpc) is 2.89. The van der Waals surface area contributed by atoms with Gasteiger partial charge in [0.15, 0.2) is 6.23 Å². The maximum absolute atomic E-state index is 12.4. The Morgan fingerprint density at radius 2 is 2.00 bits per heavy atom. The number of carbonyl (C=O) groups is 2. The zero-order valence-corrected chi connectivity index (χ0v) is 17.4. The Hall–Kier alpha value is -1.41. The van der Waals surface area contributed by atoms with E-state index in [0.29, 0.717) is 12.8 Å². The SMILES string of the molecule is CC(C)(C)C1=C(C(=O)[O-])N2C(=O)[C@H]([C@@H](O)CCc3ccncc3)[C@H]2O1.[Na+]. The van der Waals surface area contributed by atoms with Crippen molar-refractivity contribution in [2.24, 2.45) is 11.3 Å². The summed E-state index contributed by atoms with van der Waals surface area (Å²) < 4.78 is 5.75. The summed E-state index contributed by atoms with van der Waals surface area (Å²) in [7, 11) is 0. The maximum atomic E-state index is 12.4. The van der Waals surface area contributed by atoms with Crippen LogP contribution in [0.3, 0.4) is 0 Å². The van der Waals surface area contributed by atoms with Crippen LogP contribution < -0.4 is 34.7 Å². The molecule has 3 rings (SSSR count). The van der Waals surface area contributed by atoms with Crippen molar-refractivity contribution >= 4 is 11.9 Å². The van der Waals surface area contributed by atoms with Gasteiger partial charge in [0, 0.05) is 17.8 Å². The molecule has 1 aromatic heterocycles. The van der Waals surface area contributed by atoms with Crippen molar-refractivity contribution in [3.8, 4) is 0 Å². The van der Waals surface area contributed by atoms with Gasteiger partial charge in [-0.25, -0.2) is 0 Å². The number of aliphatic hydroxyl groups excluding tert-OH is 1. The molecule has 26 heavy (non-hydrogen) atoms. The Morgan fingerprint density at radius 1 is 1.38 bits per heavy atom. The first-order valence-corrected chi connectivity index (χ1v) is 8.24. The first kappa shape index (κ1) is 20.9. The molecular formula is C18H21N2NaO5. The topological polar surface area (TPSA) is 103 Å². The van der Waals surface area contributed by atoms with E-state index < -0.39 is 35.5 Å². The molecule has 1 aromatic rings. The predicted molar refractivity (Wildman–Crippen MR) is 85.3 cm³/mol. The quantitative estimate of drug-likeness (QED) is 0.445. The van der Waals surface area contributed by atoms with E-state index in [1.165, 1.54) is 0 Å². The van der Waals surface area contributed by atoms with Crippen molar-refractivity contribution in [3.05, 3.63) is 41.5 Å². The number of carboxylic acid groups (broad SMARTS) is 1. The zero-order chi connectivity index (χ0) is 18.4. The van der Waals surface area contributed by atoms with E-state index in [9.17, 15) is 19.8 Å². The van der Waals surface area contributed by atoms with Gasteiger partial charge in [-0.3, -0.25) is 14.7 Å². The molecule has 8 heteroatoms. The summed E-state index contributed by atoms with van der Waals surface area (Å²) in [5.74, 6) is -2.43. The number of carbonyl (C=O) groups excluding carboxylic acids is 2. The van der Waals surface area contributed by atoms with Crippen molar-refractivity contribution < 1.29 is 54.1 Å². The summed E-state index contributed by atoms with van der Waals surface area (Å²) >= 11 is 0. The minimum absolute atomic E-state index is 0. The number of aromatic nitrogens is 1. The molecule has 1 N–H and O–H groups in total. The van der Waals surface area contributed by atoms with E-state index in [0.717, 1.165) is 10.5 Å². The third kappa shape index (κ3) is 3.67. The average molecular weight is 368 g/mol. The van der Waals surface area contributed by atoms with Gasteiger partial charge in [0.25, 0.3) is 0 Å². The van der Waals surface area contributed by atoms with E-state index in [1.807, 2.05) is 12.1 Å². The Balaban J connectivity index is 0.00000243. The summed E-state index contributed by atoms with van der Waals surface area (Å²) in [6, 6.07) is 3.70. The van der Waals surface area contributed by atoms with Crippen LogP contribution >= 0.6 is 0 Å². The number of ether oxygens (including phenoxy) is 1. The first-order chi connectivity index (χ1) is 11.7. The molecule has 134 valence electrons. The molecule has 0 spiro atoms. The molecule has 0 aliphatic carbocycles. The number of pyridine rings is 1. The molecule has 0 bridgehead atoms. The zero-order valence-electron chi connectivity index (χ0n) is 15.4. The van der Waals surface area contributed by atoms with E-state index in [1.54, 1.807) is 33.2 Å². The second kappa shape index (κ2) is 7.68. The molecule has 1 amide bonds. The summed E-state index contributed by atoms with van der Waals surface area (Å²) in [6.45, 7) is 5.41. The van der Waals surface area contributed by atoms with E-state index >= 15 is 0 Å². The van der Waals surface area contributed by atoms with Crippen molar-refractivity contribution in [2.75, 3.05) is 0 Å². The van der Waals surface area contributed by atoms with Crippen molar-refractivity contribution in [2.45, 2.75) is 45.9 Å². The second-order valence-electron chi connectivity index (χ2n) is 7.42. The number of hydrogen-bond acceptors (Lipinski definition) is 6. The van der Waals surface area contributed by atoms with Crippen LogP contribution in [0.4, 0.5) is 0 Å². The van der Waals surface area contributed by atoms with Crippen LogP contribution in [0.1, 0.15) is 32.8 Å². The van der Waals surface area contributed by atoms with Crippen LogP contribution in [0.5, 0.6) is 0 Å². The van der Waals surface area contributed by atoms with Crippen molar-refractivity contribution in [1.82, 2.24) is 9.88 Å². The number of aliphatic carboxylic acids is 1. The van der Waals surface area contributed by atoms with Gasteiger partial charge in [-0.15, -0.1) is 0 Å². The largest absolute Gasteiger partial charge is 1.00 e. The molecular weight excluding hydrogens is 347 g/mol. The summed E-state index contributed by atoms with van der Waals surface area (Å²) in [4.78, 5) is 28.9. The predicted octanol–water partition coefficient (Wildman–Crippen LogP) is -2.80. The number of nitrogens with zero attached hydrogens (tertiary/aromatic N) is 2. The molecule has 2 aliphatic rings. The Morgan fingerprint density at radius 3 is 2.54 bits per heavy atom. The number of allylic oxidation sites excluding steroid dienone is 1. The summed E-state index contributed by atoms with van der Waals surface area (Å²) in [5.41, 5.74) is 0.202. The van der Waals surface area contributed by atoms with Crippen LogP contribution in [-0.4, -0.2) is 39.2 Å². The molecule has 2 aliphatic heterocycles. The number of aryl methyl sites for hydroxylation is 1. The van der Waals surface area contributed by atoms with Gasteiger partial charge in [0.2, 0.25) is 5.91 Å². The third-order valence-electron chi connectivity index (χ3n) is 4.55. The van der Waals surface area contributed by atoms with E-state index in [4.69, 9.17) is 4.74 Å². The van der Waals surface area contributed by atoms with Gasteiger partial charge in [-0.05, 0) is 30.5 Å². The van der Waals surface area contributed by atoms with Crippen LogP contribution in [-0.2, 0) is 20.7 Å². The van der Waals surface area contributed by atoms with Gasteiger partial charge in [-0.1, -0.05) is 20.8 Å². The number of amides is 1. The Bertz CT molecular complexity index is 729. The van der Waals surface area contributed by atoms with Crippen LogP contribution in [0, 0.1) is 11.3 Å². The standard InChI is InChI=1S/C18H22N2O5.Na/c1-18(2,3)14-13(17(23)24)20-15(22)12(16(20)25-14)11(21)5-4-10-6-8-19-9-7-10;/h6-9,11-12,16,21H,4-5H2,1-3H3,(H,23,24);/q;+1/p-1/t11-,12-,16+;/m0./s1. The van der Waals surface area contributed by atoms with Gasteiger partial charge in [0.05, 0.1) is 12.1 Å². The molecule has 0 aromatic carbocycles. The molecule has 3 atom stereocenters. The number of fused-ring (bicyclic) bond motifs is 1. The van der Waals surface area contributed by atoms with Crippen molar-refractivity contribution in [1.29, 1.82) is 0 Å². The fourth-order valence-corrected chi connectivity index (χ4v) is 3.26.